The molecule has 0 saturated carbocycles. The molecule has 4 aromatic rings. The third-order valence-corrected chi connectivity index (χ3v) is 7.47. The zero-order valence-corrected chi connectivity index (χ0v) is 20.2. The van der Waals surface area contributed by atoms with Gasteiger partial charge in [-0.25, -0.2) is 4.21 Å². The Balaban J connectivity index is 1.48. The van der Waals surface area contributed by atoms with Gasteiger partial charge in [0.25, 0.3) is 5.91 Å². The molecule has 178 valence electrons. The molecule has 6 nitrogen and oxygen atoms in total. The lowest BCUT2D eigenvalue weighted by Crippen LogP contribution is -2.60. The van der Waals surface area contributed by atoms with Crippen LogP contribution in [-0.2, 0) is 26.9 Å². The smallest absolute Gasteiger partial charge is 0.259 e. The van der Waals surface area contributed by atoms with Crippen LogP contribution < -0.4 is 9.64 Å². The van der Waals surface area contributed by atoms with Gasteiger partial charge in [-0.1, -0.05) is 48.0 Å². The molecular weight excluding hydrogens is 462 g/mol. The first-order valence-corrected chi connectivity index (χ1v) is 12.4. The van der Waals surface area contributed by atoms with Gasteiger partial charge < -0.3 is 13.9 Å². The van der Waals surface area contributed by atoms with Crippen molar-refractivity contribution < 1.29 is 22.9 Å². The number of hydrogen-bond acceptors (Lipinski definition) is 5. The molecule has 1 saturated heterocycles. The van der Waals surface area contributed by atoms with E-state index in [-0.39, 0.29) is 12.5 Å². The maximum absolute atomic E-state index is 13.5. The van der Waals surface area contributed by atoms with Crippen molar-refractivity contribution in [2.45, 2.75) is 35.5 Å². The number of amides is 1. The molecule has 3 aromatic carbocycles. The third kappa shape index (κ3) is 4.52. The number of benzene rings is 3. The van der Waals surface area contributed by atoms with Gasteiger partial charge in [0.15, 0.2) is 6.10 Å². The number of ether oxygens (including phenoxy) is 2. The number of rotatable bonds is 8. The van der Waals surface area contributed by atoms with Crippen LogP contribution >= 0.6 is 0 Å². The maximum atomic E-state index is 13.5. The number of aryl methyl sites for hydroxylation is 1. The number of carbonyl (C=O) groups is 1. The number of nitrogens with zero attached hydrogens (tertiary/aromatic N) is 1. The van der Waals surface area contributed by atoms with Gasteiger partial charge in [-0.05, 0) is 55.0 Å². The number of β-lactam (4-membered cyclic amide) rings is 1. The summed E-state index contributed by atoms with van der Waals surface area (Å²) in [4.78, 5) is 16.1. The maximum Gasteiger partial charge on any atom is 0.259 e. The van der Waals surface area contributed by atoms with Crippen LogP contribution in [0, 0.1) is 6.92 Å². The summed E-state index contributed by atoms with van der Waals surface area (Å²) in [5.41, 5.74) is 2.73. The molecule has 0 aliphatic carbocycles. The molecule has 1 aliphatic rings. The number of methoxy groups -OCH3 is 1. The van der Waals surface area contributed by atoms with Gasteiger partial charge in [-0.2, -0.15) is 0 Å². The quantitative estimate of drug-likeness (QED) is 0.310. The molecule has 0 bridgehead atoms. The van der Waals surface area contributed by atoms with E-state index in [1.807, 2.05) is 73.7 Å². The van der Waals surface area contributed by atoms with Crippen LogP contribution in [0.3, 0.4) is 0 Å². The highest BCUT2D eigenvalue weighted by atomic mass is 32.2. The van der Waals surface area contributed by atoms with Crippen molar-refractivity contribution in [1.29, 1.82) is 0 Å². The largest absolute Gasteiger partial charge is 0.497 e. The van der Waals surface area contributed by atoms with Crippen molar-refractivity contribution in [3.63, 3.8) is 0 Å². The highest BCUT2D eigenvalue weighted by Gasteiger charge is 2.53. The topological polar surface area (TPSA) is 69.0 Å². The summed E-state index contributed by atoms with van der Waals surface area (Å²) < 4.78 is 30.7. The molecular formula is C28H25NO5S. The minimum Gasteiger partial charge on any atom is -0.497 e. The first-order valence-electron chi connectivity index (χ1n) is 11.3. The fourth-order valence-electron chi connectivity index (χ4n) is 4.14. The zero-order chi connectivity index (χ0) is 24.4. The number of hydrogen-bond donors (Lipinski definition) is 0. The molecule has 0 radical (unpaired) electrons. The predicted molar refractivity (Wildman–Crippen MR) is 133 cm³/mol. The molecule has 1 amide bonds. The second kappa shape index (κ2) is 9.90. The van der Waals surface area contributed by atoms with Crippen LogP contribution in [-0.4, -0.2) is 23.3 Å². The number of anilines is 1. The fourth-order valence-corrected chi connectivity index (χ4v) is 5.31. The number of furan rings is 1. The van der Waals surface area contributed by atoms with Crippen LogP contribution in [0.1, 0.15) is 22.9 Å². The van der Waals surface area contributed by atoms with Gasteiger partial charge in [0.2, 0.25) is 0 Å². The third-order valence-electron chi connectivity index (χ3n) is 6.03. The summed E-state index contributed by atoms with van der Waals surface area (Å²) in [6, 6.07) is 25.6. The van der Waals surface area contributed by atoms with E-state index < -0.39 is 22.9 Å². The summed E-state index contributed by atoms with van der Waals surface area (Å²) in [6.45, 7) is 2.26. The lowest BCUT2D eigenvalue weighted by atomic mass is 9.94. The average molecular weight is 488 g/mol. The standard InChI is InChI=1S/C28H25NO5S/c1-19-8-14-23(15-9-19)35(31)24-16-17-33-26(24)25-27(34-18-20-6-4-3-5-7-20)28(30)29(25)21-10-12-22(32-2)13-11-21/h3-17,25,27H,18H2,1-2H3/t25-,27-,35-/m0/s1. The lowest BCUT2D eigenvalue weighted by molar-refractivity contribution is -0.144. The molecule has 1 aliphatic heterocycles. The van der Waals surface area contributed by atoms with E-state index in [2.05, 4.69) is 0 Å². The van der Waals surface area contributed by atoms with Gasteiger partial charge in [0, 0.05) is 10.6 Å². The molecule has 2 heterocycles. The SMILES string of the molecule is COc1ccc(N2C(=O)[C@@H](OCc3ccccc3)[C@@H]2c2occc2[S@@](=O)c2ccc(C)cc2)cc1. The van der Waals surface area contributed by atoms with Crippen molar-refractivity contribution in [3.8, 4) is 5.75 Å². The Bertz CT molecular complexity index is 1330. The summed E-state index contributed by atoms with van der Waals surface area (Å²) in [7, 11) is 0.119. The highest BCUT2D eigenvalue weighted by Crippen LogP contribution is 2.44. The summed E-state index contributed by atoms with van der Waals surface area (Å²) >= 11 is 0. The summed E-state index contributed by atoms with van der Waals surface area (Å²) in [5, 5.41) is 0. The second-order valence-corrected chi connectivity index (χ2v) is 9.75. The molecule has 3 atom stereocenters. The Labute approximate surface area is 206 Å². The van der Waals surface area contributed by atoms with E-state index in [9.17, 15) is 9.00 Å². The van der Waals surface area contributed by atoms with Crippen LogP contribution in [0.4, 0.5) is 5.69 Å². The highest BCUT2D eigenvalue weighted by molar-refractivity contribution is 7.85. The molecule has 1 aromatic heterocycles. The van der Waals surface area contributed by atoms with Crippen molar-refractivity contribution in [3.05, 3.63) is 108 Å². The zero-order valence-electron chi connectivity index (χ0n) is 19.4. The normalized spacial score (nSPS) is 18.2. The van der Waals surface area contributed by atoms with Crippen molar-refractivity contribution >= 4 is 22.4 Å². The van der Waals surface area contributed by atoms with Gasteiger partial charge >= 0.3 is 0 Å². The number of carbonyl (C=O) groups excluding carboxylic acids is 1. The van der Waals surface area contributed by atoms with E-state index >= 15 is 0 Å². The van der Waals surface area contributed by atoms with Gasteiger partial charge in [0.1, 0.15) is 17.6 Å². The van der Waals surface area contributed by atoms with E-state index in [4.69, 9.17) is 13.9 Å². The molecule has 0 N–H and O–H groups in total. The summed E-state index contributed by atoms with van der Waals surface area (Å²) in [5.74, 6) is 0.964. The van der Waals surface area contributed by atoms with E-state index in [1.165, 1.54) is 6.26 Å². The van der Waals surface area contributed by atoms with E-state index in [0.29, 0.717) is 27.0 Å². The molecule has 0 spiro atoms. The predicted octanol–water partition coefficient (Wildman–Crippen LogP) is 5.44. The Hall–Kier alpha value is -3.68. The van der Waals surface area contributed by atoms with Crippen molar-refractivity contribution in [1.82, 2.24) is 0 Å². The van der Waals surface area contributed by atoms with Gasteiger partial charge in [0.05, 0.1) is 35.7 Å². The minimum atomic E-state index is -1.47. The first kappa shape index (κ1) is 23.1. The van der Waals surface area contributed by atoms with Crippen molar-refractivity contribution in [2.24, 2.45) is 0 Å². The van der Waals surface area contributed by atoms with Crippen LogP contribution in [0.25, 0.3) is 0 Å². The lowest BCUT2D eigenvalue weighted by Gasteiger charge is -2.45. The molecule has 0 unspecified atom stereocenters. The summed E-state index contributed by atoms with van der Waals surface area (Å²) in [6.07, 6.45) is 0.747. The minimum absolute atomic E-state index is 0.181. The average Bonchev–Trinajstić information content (AvgIpc) is 3.37. The Morgan fingerprint density at radius 1 is 0.943 bits per heavy atom. The first-order chi connectivity index (χ1) is 17.1. The fraction of sp³-hybridized carbons (Fsp3) is 0.179. The Morgan fingerprint density at radius 3 is 2.34 bits per heavy atom. The molecule has 7 heteroatoms. The Kier molecular flexibility index (Phi) is 6.53. The molecule has 35 heavy (non-hydrogen) atoms. The van der Waals surface area contributed by atoms with Crippen LogP contribution in [0.2, 0.25) is 0 Å². The van der Waals surface area contributed by atoms with E-state index in [0.717, 1.165) is 11.1 Å². The monoisotopic (exact) mass is 487 g/mol. The molecule has 5 rings (SSSR count). The van der Waals surface area contributed by atoms with Gasteiger partial charge in [-0.15, -0.1) is 0 Å². The van der Waals surface area contributed by atoms with Crippen LogP contribution in [0.15, 0.2) is 105 Å². The van der Waals surface area contributed by atoms with Crippen LogP contribution in [0.5, 0.6) is 5.75 Å². The van der Waals surface area contributed by atoms with Crippen molar-refractivity contribution in [2.75, 3.05) is 12.0 Å². The second-order valence-electron chi connectivity index (χ2n) is 8.30. The molecule has 1 fully saturated rings. The van der Waals surface area contributed by atoms with Gasteiger partial charge in [-0.3, -0.25) is 9.69 Å². The van der Waals surface area contributed by atoms with E-state index in [1.54, 1.807) is 30.2 Å². The Morgan fingerprint density at radius 2 is 1.66 bits per heavy atom.